The molecule has 1 atom stereocenters. The quantitative estimate of drug-likeness (QED) is 0.840. The Morgan fingerprint density at radius 3 is 2.69 bits per heavy atom. The highest BCUT2D eigenvalue weighted by Crippen LogP contribution is 2.35. The van der Waals surface area contributed by atoms with Gasteiger partial charge in [-0.2, -0.15) is 5.10 Å². The standard InChI is InChI=1S/C11H19ClFN3/c1-3-5-11(13,8-14)10-9(12)7-15-16(10)6-4-2/h7H,3-6,8,14H2,1-2H3. The number of hydrogen-bond acceptors (Lipinski definition) is 2. The summed E-state index contributed by atoms with van der Waals surface area (Å²) in [6.07, 6.45) is 3.48. The summed E-state index contributed by atoms with van der Waals surface area (Å²) in [7, 11) is 0. The van der Waals surface area contributed by atoms with Crippen molar-refractivity contribution in [2.75, 3.05) is 6.54 Å². The Hall–Kier alpha value is -0.610. The van der Waals surface area contributed by atoms with Gasteiger partial charge in [-0.15, -0.1) is 0 Å². The van der Waals surface area contributed by atoms with Crippen LogP contribution in [0.1, 0.15) is 38.8 Å². The molecule has 1 aromatic rings. The van der Waals surface area contributed by atoms with Crippen LogP contribution in [0.25, 0.3) is 0 Å². The van der Waals surface area contributed by atoms with Gasteiger partial charge in [-0.1, -0.05) is 31.9 Å². The fourth-order valence-electron chi connectivity index (χ4n) is 1.90. The number of nitrogens with two attached hydrogens (primary N) is 1. The fraction of sp³-hybridized carbons (Fsp3) is 0.727. The van der Waals surface area contributed by atoms with Gasteiger partial charge >= 0.3 is 0 Å². The van der Waals surface area contributed by atoms with Crippen LogP contribution in [0.2, 0.25) is 5.02 Å². The van der Waals surface area contributed by atoms with Gasteiger partial charge in [-0.05, 0) is 12.8 Å². The van der Waals surface area contributed by atoms with E-state index in [9.17, 15) is 4.39 Å². The molecule has 92 valence electrons. The topological polar surface area (TPSA) is 43.8 Å². The maximum atomic E-state index is 14.7. The zero-order chi connectivity index (χ0) is 12.2. The molecular weight excluding hydrogens is 229 g/mol. The lowest BCUT2D eigenvalue weighted by Crippen LogP contribution is -2.33. The molecule has 0 saturated carbocycles. The second-order valence-corrected chi connectivity index (χ2v) is 4.39. The van der Waals surface area contributed by atoms with E-state index in [1.165, 1.54) is 6.20 Å². The third-order valence-electron chi connectivity index (χ3n) is 2.62. The van der Waals surface area contributed by atoms with Crippen LogP contribution in [0.5, 0.6) is 0 Å². The zero-order valence-electron chi connectivity index (χ0n) is 9.84. The molecular formula is C11H19ClFN3. The van der Waals surface area contributed by atoms with Gasteiger partial charge in [0.25, 0.3) is 0 Å². The third-order valence-corrected chi connectivity index (χ3v) is 2.90. The average Bonchev–Trinajstić information content (AvgIpc) is 2.61. The summed E-state index contributed by atoms with van der Waals surface area (Å²) < 4.78 is 16.3. The molecule has 2 N–H and O–H groups in total. The van der Waals surface area contributed by atoms with Gasteiger partial charge in [-0.3, -0.25) is 4.68 Å². The molecule has 0 amide bonds. The summed E-state index contributed by atoms with van der Waals surface area (Å²) >= 11 is 6.00. The van der Waals surface area contributed by atoms with Crippen LogP contribution < -0.4 is 5.73 Å². The molecule has 0 aliphatic heterocycles. The van der Waals surface area contributed by atoms with Crippen LogP contribution in [0.4, 0.5) is 4.39 Å². The molecule has 1 heterocycles. The van der Waals surface area contributed by atoms with Crippen molar-refractivity contribution >= 4 is 11.6 Å². The smallest absolute Gasteiger partial charge is 0.165 e. The lowest BCUT2D eigenvalue weighted by Gasteiger charge is -2.24. The highest BCUT2D eigenvalue weighted by molar-refractivity contribution is 6.31. The SMILES string of the molecule is CCCn1ncc(Cl)c1C(F)(CN)CCC. The lowest BCUT2D eigenvalue weighted by atomic mass is 9.96. The van der Waals surface area contributed by atoms with Gasteiger partial charge in [0.1, 0.15) is 0 Å². The highest BCUT2D eigenvalue weighted by Gasteiger charge is 2.35. The van der Waals surface area contributed by atoms with Gasteiger partial charge in [0.2, 0.25) is 0 Å². The van der Waals surface area contributed by atoms with Gasteiger partial charge in [0, 0.05) is 13.1 Å². The van der Waals surface area contributed by atoms with E-state index in [4.69, 9.17) is 17.3 Å². The average molecular weight is 248 g/mol. The van der Waals surface area contributed by atoms with Crippen LogP contribution in [0.15, 0.2) is 6.20 Å². The van der Waals surface area contributed by atoms with Crippen molar-refractivity contribution in [2.24, 2.45) is 5.73 Å². The van der Waals surface area contributed by atoms with E-state index in [1.807, 2.05) is 13.8 Å². The third kappa shape index (κ3) is 2.55. The Morgan fingerprint density at radius 2 is 2.19 bits per heavy atom. The number of aromatic nitrogens is 2. The maximum Gasteiger partial charge on any atom is 0.165 e. The van der Waals surface area contributed by atoms with Crippen LogP contribution in [0.3, 0.4) is 0 Å². The number of hydrogen-bond donors (Lipinski definition) is 1. The number of halogens is 2. The Kier molecular flexibility index (Phi) is 4.74. The largest absolute Gasteiger partial charge is 0.327 e. The van der Waals surface area contributed by atoms with Gasteiger partial charge < -0.3 is 5.73 Å². The van der Waals surface area contributed by atoms with Crippen molar-refractivity contribution in [3.63, 3.8) is 0 Å². The van der Waals surface area contributed by atoms with E-state index in [1.54, 1.807) is 4.68 Å². The minimum Gasteiger partial charge on any atom is -0.327 e. The molecule has 0 saturated heterocycles. The van der Waals surface area contributed by atoms with Crippen molar-refractivity contribution in [2.45, 2.75) is 45.3 Å². The molecule has 1 rings (SSSR count). The first kappa shape index (κ1) is 13.5. The molecule has 0 bridgehead atoms. The van der Waals surface area contributed by atoms with Crippen LogP contribution in [-0.2, 0) is 12.2 Å². The first-order valence-corrected chi connectivity index (χ1v) is 6.07. The molecule has 16 heavy (non-hydrogen) atoms. The van der Waals surface area contributed by atoms with E-state index in [0.717, 1.165) is 12.8 Å². The van der Waals surface area contributed by atoms with E-state index < -0.39 is 5.67 Å². The predicted octanol–water partition coefficient (Wildman–Crippen LogP) is 2.87. The van der Waals surface area contributed by atoms with Gasteiger partial charge in [0.15, 0.2) is 5.67 Å². The first-order valence-electron chi connectivity index (χ1n) is 5.69. The predicted molar refractivity (Wildman–Crippen MR) is 64.3 cm³/mol. The summed E-state index contributed by atoms with van der Waals surface area (Å²) in [5, 5.41) is 4.46. The van der Waals surface area contributed by atoms with E-state index in [0.29, 0.717) is 23.7 Å². The molecule has 3 nitrogen and oxygen atoms in total. The maximum absolute atomic E-state index is 14.7. The van der Waals surface area contributed by atoms with E-state index >= 15 is 0 Å². The molecule has 0 aliphatic carbocycles. The number of rotatable bonds is 6. The second kappa shape index (κ2) is 5.64. The van der Waals surface area contributed by atoms with E-state index in [-0.39, 0.29) is 6.54 Å². The minimum absolute atomic E-state index is 0.0596. The summed E-state index contributed by atoms with van der Waals surface area (Å²) in [4.78, 5) is 0. The molecule has 0 aromatic carbocycles. The highest BCUT2D eigenvalue weighted by atomic mass is 35.5. The first-order chi connectivity index (χ1) is 7.59. The van der Waals surface area contributed by atoms with Gasteiger partial charge in [-0.25, -0.2) is 4.39 Å². The zero-order valence-corrected chi connectivity index (χ0v) is 10.6. The van der Waals surface area contributed by atoms with Crippen molar-refractivity contribution < 1.29 is 4.39 Å². The second-order valence-electron chi connectivity index (χ2n) is 3.98. The van der Waals surface area contributed by atoms with E-state index in [2.05, 4.69) is 5.10 Å². The molecule has 0 aliphatic rings. The summed E-state index contributed by atoms with van der Waals surface area (Å²) in [6, 6.07) is 0. The number of aryl methyl sites for hydroxylation is 1. The van der Waals surface area contributed by atoms with Crippen molar-refractivity contribution in [3.05, 3.63) is 16.9 Å². The molecule has 0 spiro atoms. The molecule has 1 unspecified atom stereocenters. The minimum atomic E-state index is -1.56. The molecule has 1 aromatic heterocycles. The summed E-state index contributed by atoms with van der Waals surface area (Å²) in [5.74, 6) is 0. The fourth-order valence-corrected chi connectivity index (χ4v) is 2.21. The normalized spacial score (nSPS) is 15.1. The summed E-state index contributed by atoms with van der Waals surface area (Å²) in [6.45, 7) is 4.55. The number of nitrogens with zero attached hydrogens (tertiary/aromatic N) is 2. The van der Waals surface area contributed by atoms with Crippen molar-refractivity contribution in [1.29, 1.82) is 0 Å². The van der Waals surface area contributed by atoms with Crippen molar-refractivity contribution in [3.8, 4) is 0 Å². The molecule has 5 heteroatoms. The molecule has 0 fully saturated rings. The Bertz CT molecular complexity index is 340. The Balaban J connectivity index is 3.11. The van der Waals surface area contributed by atoms with Crippen LogP contribution >= 0.6 is 11.6 Å². The number of alkyl halides is 1. The van der Waals surface area contributed by atoms with Crippen LogP contribution in [-0.4, -0.2) is 16.3 Å². The van der Waals surface area contributed by atoms with Gasteiger partial charge in [0.05, 0.1) is 16.9 Å². The van der Waals surface area contributed by atoms with Crippen molar-refractivity contribution in [1.82, 2.24) is 9.78 Å². The Labute approximate surface area is 101 Å². The monoisotopic (exact) mass is 247 g/mol. The molecule has 0 radical (unpaired) electrons. The lowest BCUT2D eigenvalue weighted by molar-refractivity contribution is 0.145. The van der Waals surface area contributed by atoms with Crippen LogP contribution in [0, 0.1) is 0 Å². The summed E-state index contributed by atoms with van der Waals surface area (Å²) in [5.41, 5.74) is 4.42. The Morgan fingerprint density at radius 1 is 1.50 bits per heavy atom.